The Morgan fingerprint density at radius 3 is 2.18 bits per heavy atom. The topological polar surface area (TPSA) is 210 Å². The molecule has 17 nitrogen and oxygen atoms in total. The Balaban J connectivity index is 1.47. The van der Waals surface area contributed by atoms with Crippen molar-refractivity contribution in [1.29, 1.82) is 0 Å². The van der Waals surface area contributed by atoms with Gasteiger partial charge in [0.25, 0.3) is 0 Å². The second-order valence-corrected chi connectivity index (χ2v) is 33.2. The van der Waals surface area contributed by atoms with E-state index in [0.29, 0.717) is 33.9 Å². The standard InChI is InChI=1S/C57H83NO16S3Si/c1-30(2)78(31(3)4,32(5)6)74-46(44(39-20-18-24-76-39)58-52(63)73-53(9,10)11)51(62)68-38-28-57(64)49(71-50(61)36-26-35(65-15)22-23-37(36)66-16)47-55(14)40(27-41-56(47,29-67-41)72-34(8)59)69-48(55)45(43(33(38)7)54(57,12)13)70-42(60)21-19-25-77-75-17/h18,20,22-24,26,30-32,38,40-41,44-49,64H,19,21,25,27-29H2,1-17H3,(H,58,63)/t38-,40+,41+,44-,45+,46+,47-,48-,49-,55+,56-,57+/m0/s1. The van der Waals surface area contributed by atoms with Crippen molar-refractivity contribution in [2.24, 2.45) is 16.7 Å². The molecule has 2 saturated carbocycles. The van der Waals surface area contributed by atoms with Gasteiger partial charge >= 0.3 is 30.0 Å². The maximum Gasteiger partial charge on any atom is 0.408 e. The molecule has 3 aliphatic carbocycles. The summed E-state index contributed by atoms with van der Waals surface area (Å²) in [6, 6.07) is 7.22. The number of alkyl carbamates (subject to hydrolysis) is 1. The van der Waals surface area contributed by atoms with Gasteiger partial charge < -0.3 is 57.5 Å². The van der Waals surface area contributed by atoms with Crippen molar-refractivity contribution < 1.29 is 76.1 Å². The van der Waals surface area contributed by atoms with Gasteiger partial charge in [-0.25, -0.2) is 14.4 Å². The van der Waals surface area contributed by atoms with Gasteiger partial charge in [-0.15, -0.1) is 11.3 Å². The third kappa shape index (κ3) is 11.1. The number of thiophene rings is 1. The lowest BCUT2D eigenvalue weighted by atomic mass is 9.42. The molecule has 1 aromatic heterocycles. The second-order valence-electron chi connectivity index (χ2n) is 24.1. The van der Waals surface area contributed by atoms with Crippen LogP contribution in [0.2, 0.25) is 16.6 Å². The molecule has 0 unspecified atom stereocenters. The molecule has 12 atom stereocenters. The fraction of sp³-hybridized carbons (Fsp3) is 0.702. The van der Waals surface area contributed by atoms with Crippen LogP contribution in [0.25, 0.3) is 0 Å². The molecule has 3 heterocycles. The molecule has 434 valence electrons. The highest BCUT2D eigenvalue weighted by Crippen LogP contribution is 2.70. The number of amides is 1. The number of hydrogen-bond acceptors (Lipinski definition) is 19. The van der Waals surface area contributed by atoms with E-state index < -0.39 is 121 Å². The summed E-state index contributed by atoms with van der Waals surface area (Å²) in [7, 11) is 3.08. The summed E-state index contributed by atoms with van der Waals surface area (Å²) in [4.78, 5) is 73.6. The van der Waals surface area contributed by atoms with Gasteiger partial charge in [0.05, 0.1) is 32.8 Å². The molecular weight excluding hydrogens is 1080 g/mol. The van der Waals surface area contributed by atoms with Gasteiger partial charge in [0, 0.05) is 47.6 Å². The van der Waals surface area contributed by atoms with E-state index in [2.05, 4.69) is 46.9 Å². The first kappa shape index (κ1) is 61.8. The molecule has 7 rings (SSSR count). The summed E-state index contributed by atoms with van der Waals surface area (Å²) in [5.41, 5.74) is -6.40. The van der Waals surface area contributed by atoms with Crippen molar-refractivity contribution in [2.75, 3.05) is 32.8 Å². The summed E-state index contributed by atoms with van der Waals surface area (Å²) < 4.78 is 64.6. The molecule has 2 N–H and O–H groups in total. The van der Waals surface area contributed by atoms with Crippen LogP contribution in [0.15, 0.2) is 46.9 Å². The molecule has 2 aliphatic heterocycles. The number of methoxy groups -OCH3 is 2. The van der Waals surface area contributed by atoms with Crippen LogP contribution in [0.3, 0.4) is 0 Å². The molecule has 0 radical (unpaired) electrons. The lowest BCUT2D eigenvalue weighted by Gasteiger charge is -2.74. The summed E-state index contributed by atoms with van der Waals surface area (Å²) in [6.45, 7) is 26.3. The lowest BCUT2D eigenvalue weighted by Crippen LogP contribution is -2.86. The summed E-state index contributed by atoms with van der Waals surface area (Å²) >= 11 is 1.33. The van der Waals surface area contributed by atoms with E-state index in [1.165, 1.54) is 38.5 Å². The number of benzene rings is 1. The van der Waals surface area contributed by atoms with Crippen molar-refractivity contribution in [2.45, 2.75) is 205 Å². The molecule has 4 fully saturated rings. The Morgan fingerprint density at radius 2 is 1.63 bits per heavy atom. The average molecular weight is 1160 g/mol. The molecule has 78 heavy (non-hydrogen) atoms. The van der Waals surface area contributed by atoms with Crippen LogP contribution in [0.1, 0.15) is 144 Å². The zero-order valence-corrected chi connectivity index (χ0v) is 51.9. The molecule has 2 bridgehead atoms. The lowest BCUT2D eigenvalue weighted by molar-refractivity contribution is -0.416. The highest BCUT2D eigenvalue weighted by molar-refractivity contribution is 8.76. The monoisotopic (exact) mass is 1160 g/mol. The normalized spacial score (nSPS) is 29.8. The maximum absolute atomic E-state index is 16.0. The number of fused-ring (bicyclic) bond motifs is 4. The van der Waals surface area contributed by atoms with Crippen LogP contribution in [-0.4, -0.2) is 136 Å². The quantitative estimate of drug-likeness (QED) is 0.0297. The van der Waals surface area contributed by atoms with Crippen LogP contribution in [0, 0.1) is 16.7 Å². The Kier molecular flexibility index (Phi) is 18.7. The first-order valence-electron chi connectivity index (χ1n) is 27.1. The third-order valence-corrected chi connectivity index (χ3v) is 26.3. The molecule has 2 aromatic rings. The predicted octanol–water partition coefficient (Wildman–Crippen LogP) is 10.7. The number of aliphatic hydroxyl groups is 1. The Labute approximate surface area is 473 Å². The van der Waals surface area contributed by atoms with Gasteiger partial charge in [0.1, 0.15) is 58.7 Å². The number of carbonyl (C=O) groups is 5. The predicted molar refractivity (Wildman–Crippen MR) is 301 cm³/mol. The molecule has 5 aliphatic rings. The van der Waals surface area contributed by atoms with E-state index >= 15 is 9.59 Å². The van der Waals surface area contributed by atoms with Gasteiger partial charge in [-0.2, -0.15) is 0 Å². The summed E-state index contributed by atoms with van der Waals surface area (Å²) in [6.07, 6.45) is -6.15. The van der Waals surface area contributed by atoms with E-state index in [4.69, 9.17) is 47.1 Å². The average Bonchev–Trinajstić information content (AvgIpc) is 2.79. The maximum atomic E-state index is 16.0. The van der Waals surface area contributed by atoms with Crippen molar-refractivity contribution in [3.8, 4) is 11.5 Å². The first-order chi connectivity index (χ1) is 36.5. The molecule has 1 aromatic carbocycles. The van der Waals surface area contributed by atoms with Crippen LogP contribution in [-0.2, 0) is 52.0 Å². The summed E-state index contributed by atoms with van der Waals surface area (Å²) in [5, 5.41) is 19.4. The van der Waals surface area contributed by atoms with E-state index in [0.717, 1.165) is 0 Å². The van der Waals surface area contributed by atoms with Crippen molar-refractivity contribution in [3.63, 3.8) is 0 Å². The smallest absolute Gasteiger partial charge is 0.408 e. The number of nitrogens with one attached hydrogen (secondary N) is 1. The number of carbonyl (C=O) groups excluding carboxylic acids is 5. The molecule has 2 saturated heterocycles. The molecule has 21 heteroatoms. The number of rotatable bonds is 21. The van der Waals surface area contributed by atoms with Crippen molar-refractivity contribution in [3.05, 3.63) is 57.3 Å². The van der Waals surface area contributed by atoms with Gasteiger partial charge in [-0.05, 0) is 97.8 Å². The second kappa shape index (κ2) is 23.6. The molecular formula is C57H83NO16S3Si. The summed E-state index contributed by atoms with van der Waals surface area (Å²) in [5.74, 6) is -2.75. The van der Waals surface area contributed by atoms with E-state index in [9.17, 15) is 19.5 Å². The minimum absolute atomic E-state index is 0.00966. The first-order valence-corrected chi connectivity index (χ1v) is 32.8. The fourth-order valence-electron chi connectivity index (χ4n) is 13.8. The minimum Gasteiger partial charge on any atom is -0.497 e. The van der Waals surface area contributed by atoms with Gasteiger partial charge in [-0.3, -0.25) is 9.59 Å². The van der Waals surface area contributed by atoms with E-state index in [-0.39, 0.29) is 53.8 Å². The van der Waals surface area contributed by atoms with E-state index in [1.54, 1.807) is 75.3 Å². The van der Waals surface area contributed by atoms with Crippen molar-refractivity contribution in [1.82, 2.24) is 5.32 Å². The zero-order chi connectivity index (χ0) is 57.7. The Bertz CT molecular complexity index is 2540. The number of hydrogen-bond donors (Lipinski definition) is 2. The highest BCUT2D eigenvalue weighted by Gasteiger charge is 2.82. The molecule has 1 amide bonds. The van der Waals surface area contributed by atoms with E-state index in [1.807, 2.05) is 30.7 Å². The Morgan fingerprint density at radius 1 is 0.949 bits per heavy atom. The number of ether oxygens (including phenoxy) is 9. The number of esters is 4. The highest BCUT2D eigenvalue weighted by atomic mass is 33.1. The minimum atomic E-state index is -3.03. The van der Waals surface area contributed by atoms with Gasteiger partial charge in [-0.1, -0.05) is 90.0 Å². The van der Waals surface area contributed by atoms with Gasteiger partial charge in [0.2, 0.25) is 8.32 Å². The Hall–Kier alpha value is -3.83. The van der Waals surface area contributed by atoms with Crippen LogP contribution in [0.4, 0.5) is 4.79 Å². The largest absolute Gasteiger partial charge is 0.497 e. The fourth-order valence-corrected chi connectivity index (χ4v) is 21.4. The van der Waals surface area contributed by atoms with Crippen molar-refractivity contribution >= 4 is 71.2 Å². The zero-order valence-electron chi connectivity index (χ0n) is 48.4. The van der Waals surface area contributed by atoms with Gasteiger partial charge in [0.15, 0.2) is 17.8 Å². The van der Waals surface area contributed by atoms with Crippen LogP contribution >= 0.6 is 32.9 Å². The van der Waals surface area contributed by atoms with Crippen LogP contribution in [0.5, 0.6) is 11.5 Å². The SMILES string of the molecule is COc1ccc(OC)c(C(=O)O[C@H]2[C@@H]3[C@]4(OC(C)=O)CO[C@@H]4C[C@H]4O[C@@H]([C@H](OC(=O)CCCSSC)C5=C(C)[C@@H](OC(=O)[C@H](O[Si](C(C)C)(C(C)C)C(C)C)[C@@H](NC(=O)OC(C)(C)C)c6cccs6)C[C@]2(O)C5(C)C)[C@@]34C)c1. The molecule has 0 spiro atoms. The third-order valence-electron chi connectivity index (χ3n) is 17.3. The van der Waals surface area contributed by atoms with Crippen LogP contribution < -0.4 is 14.8 Å².